The first-order valence-corrected chi connectivity index (χ1v) is 8.78. The lowest BCUT2D eigenvalue weighted by atomic mass is 10.1. The molecule has 3 rings (SSSR count). The zero-order chi connectivity index (χ0) is 16.6. The maximum absolute atomic E-state index is 11.9. The summed E-state index contributed by atoms with van der Waals surface area (Å²) in [6.07, 6.45) is 4.32. The minimum absolute atomic E-state index is 0.0550. The molecule has 2 aromatic carbocycles. The highest BCUT2D eigenvalue weighted by Crippen LogP contribution is 2.28. The summed E-state index contributed by atoms with van der Waals surface area (Å²) in [6, 6.07) is 24.6. The number of hydrogen-bond donors (Lipinski definition) is 1. The molecule has 0 unspecified atom stereocenters. The van der Waals surface area contributed by atoms with Gasteiger partial charge < -0.3 is 5.32 Å². The molecular formula is C21H19NOS. The van der Waals surface area contributed by atoms with Crippen LogP contribution >= 0.6 is 11.3 Å². The van der Waals surface area contributed by atoms with Crippen molar-refractivity contribution in [1.82, 2.24) is 5.32 Å². The summed E-state index contributed by atoms with van der Waals surface area (Å²) in [4.78, 5) is 14.2. The number of amides is 1. The van der Waals surface area contributed by atoms with E-state index in [1.54, 1.807) is 17.4 Å². The number of rotatable bonds is 6. The van der Waals surface area contributed by atoms with Gasteiger partial charge in [-0.1, -0.05) is 60.7 Å². The molecule has 0 bridgehead atoms. The SMILES string of the molecule is O=C(/C=C/c1ccc(-c2ccccc2)s1)NCCc1ccccc1. The van der Waals surface area contributed by atoms with Crippen molar-refractivity contribution in [3.8, 4) is 10.4 Å². The first-order valence-electron chi connectivity index (χ1n) is 7.96. The van der Waals surface area contributed by atoms with Gasteiger partial charge in [-0.15, -0.1) is 11.3 Å². The normalized spacial score (nSPS) is 10.8. The number of carbonyl (C=O) groups excluding carboxylic acids is 1. The van der Waals surface area contributed by atoms with Gasteiger partial charge in [0.2, 0.25) is 5.91 Å². The van der Waals surface area contributed by atoms with Gasteiger partial charge in [0.05, 0.1) is 0 Å². The number of nitrogens with one attached hydrogen (secondary N) is 1. The standard InChI is InChI=1S/C21H19NOS/c23-21(22-16-15-17-7-3-1-4-8-17)14-12-19-11-13-20(24-19)18-9-5-2-6-10-18/h1-14H,15-16H2,(H,22,23)/b14-12+. The number of benzene rings is 2. The molecule has 1 N–H and O–H groups in total. The molecule has 1 amide bonds. The quantitative estimate of drug-likeness (QED) is 0.646. The van der Waals surface area contributed by atoms with Crippen LogP contribution in [0.25, 0.3) is 16.5 Å². The third-order valence-corrected chi connectivity index (χ3v) is 4.74. The molecular weight excluding hydrogens is 314 g/mol. The molecule has 0 saturated heterocycles. The van der Waals surface area contributed by atoms with E-state index in [4.69, 9.17) is 0 Å². The van der Waals surface area contributed by atoms with Gasteiger partial charge in [-0.25, -0.2) is 0 Å². The van der Waals surface area contributed by atoms with Crippen LogP contribution in [0.4, 0.5) is 0 Å². The summed E-state index contributed by atoms with van der Waals surface area (Å²) in [6.45, 7) is 0.646. The molecule has 2 nitrogen and oxygen atoms in total. The van der Waals surface area contributed by atoms with Gasteiger partial charge in [0.15, 0.2) is 0 Å². The summed E-state index contributed by atoms with van der Waals surface area (Å²) in [5.41, 5.74) is 2.43. The highest BCUT2D eigenvalue weighted by molar-refractivity contribution is 7.16. The van der Waals surface area contributed by atoms with Gasteiger partial charge in [0.25, 0.3) is 0 Å². The highest BCUT2D eigenvalue weighted by atomic mass is 32.1. The van der Waals surface area contributed by atoms with Gasteiger partial charge in [-0.2, -0.15) is 0 Å². The minimum atomic E-state index is -0.0550. The zero-order valence-electron chi connectivity index (χ0n) is 13.3. The lowest BCUT2D eigenvalue weighted by Crippen LogP contribution is -2.23. The van der Waals surface area contributed by atoms with Crippen molar-refractivity contribution in [2.45, 2.75) is 6.42 Å². The van der Waals surface area contributed by atoms with Crippen LogP contribution in [-0.2, 0) is 11.2 Å². The molecule has 0 fully saturated rings. The molecule has 0 aliphatic heterocycles. The van der Waals surface area contributed by atoms with Crippen molar-refractivity contribution in [2.24, 2.45) is 0 Å². The second-order valence-corrected chi connectivity index (χ2v) is 6.54. The Morgan fingerprint density at radius 1 is 0.917 bits per heavy atom. The first-order chi connectivity index (χ1) is 11.8. The largest absolute Gasteiger partial charge is 0.352 e. The van der Waals surface area contributed by atoms with Gasteiger partial charge in [-0.3, -0.25) is 4.79 Å². The van der Waals surface area contributed by atoms with E-state index >= 15 is 0 Å². The summed E-state index contributed by atoms with van der Waals surface area (Å²) < 4.78 is 0. The predicted octanol–water partition coefficient (Wildman–Crippen LogP) is 4.79. The van der Waals surface area contributed by atoms with Crippen LogP contribution < -0.4 is 5.32 Å². The molecule has 0 radical (unpaired) electrons. The maximum Gasteiger partial charge on any atom is 0.244 e. The third-order valence-electron chi connectivity index (χ3n) is 3.64. The fraction of sp³-hybridized carbons (Fsp3) is 0.0952. The molecule has 0 spiro atoms. The van der Waals surface area contributed by atoms with Crippen molar-refractivity contribution in [1.29, 1.82) is 0 Å². The molecule has 24 heavy (non-hydrogen) atoms. The van der Waals surface area contributed by atoms with E-state index in [1.165, 1.54) is 16.0 Å². The Bertz CT molecular complexity index is 806. The van der Waals surface area contributed by atoms with Gasteiger partial charge in [0, 0.05) is 22.4 Å². The van der Waals surface area contributed by atoms with Gasteiger partial charge in [-0.05, 0) is 35.8 Å². The molecule has 3 aromatic rings. The van der Waals surface area contributed by atoms with E-state index in [9.17, 15) is 4.79 Å². The monoisotopic (exact) mass is 333 g/mol. The Morgan fingerprint density at radius 3 is 2.38 bits per heavy atom. The van der Waals surface area contributed by atoms with Crippen molar-refractivity contribution >= 4 is 23.3 Å². The second-order valence-electron chi connectivity index (χ2n) is 5.43. The van der Waals surface area contributed by atoms with Gasteiger partial charge in [0.1, 0.15) is 0 Å². The lowest BCUT2D eigenvalue weighted by molar-refractivity contribution is -0.116. The van der Waals surface area contributed by atoms with Crippen molar-refractivity contribution in [3.05, 3.63) is 89.3 Å². The Kier molecular flexibility index (Phi) is 5.59. The van der Waals surface area contributed by atoms with E-state index < -0.39 is 0 Å². The van der Waals surface area contributed by atoms with E-state index in [0.717, 1.165) is 11.3 Å². The smallest absolute Gasteiger partial charge is 0.244 e. The summed E-state index contributed by atoms with van der Waals surface area (Å²) >= 11 is 1.68. The lowest BCUT2D eigenvalue weighted by Gasteiger charge is -2.02. The molecule has 1 heterocycles. The molecule has 0 atom stereocenters. The molecule has 0 saturated carbocycles. The van der Waals surface area contributed by atoms with E-state index in [1.807, 2.05) is 48.5 Å². The van der Waals surface area contributed by atoms with Crippen LogP contribution in [0.5, 0.6) is 0 Å². The molecule has 3 heteroatoms. The van der Waals surface area contributed by atoms with E-state index in [2.05, 4.69) is 35.6 Å². The van der Waals surface area contributed by atoms with Crippen LogP contribution in [0, 0.1) is 0 Å². The molecule has 120 valence electrons. The predicted molar refractivity (Wildman–Crippen MR) is 102 cm³/mol. The number of thiophene rings is 1. The average Bonchev–Trinajstić information content (AvgIpc) is 3.11. The van der Waals surface area contributed by atoms with Crippen molar-refractivity contribution in [2.75, 3.05) is 6.54 Å². The second kappa shape index (κ2) is 8.27. The molecule has 0 aliphatic rings. The van der Waals surface area contributed by atoms with Crippen LogP contribution in [0.3, 0.4) is 0 Å². The minimum Gasteiger partial charge on any atom is -0.352 e. The van der Waals surface area contributed by atoms with E-state index in [-0.39, 0.29) is 5.91 Å². The van der Waals surface area contributed by atoms with E-state index in [0.29, 0.717) is 6.54 Å². The first kappa shape index (κ1) is 16.2. The summed E-state index contributed by atoms with van der Waals surface area (Å²) in [5.74, 6) is -0.0550. The Hall–Kier alpha value is -2.65. The Morgan fingerprint density at radius 2 is 1.62 bits per heavy atom. The fourth-order valence-electron chi connectivity index (χ4n) is 2.39. The third kappa shape index (κ3) is 4.67. The fourth-order valence-corrected chi connectivity index (χ4v) is 3.31. The van der Waals surface area contributed by atoms with Crippen LogP contribution in [0.15, 0.2) is 78.9 Å². The van der Waals surface area contributed by atoms with Crippen molar-refractivity contribution in [3.63, 3.8) is 0 Å². The zero-order valence-corrected chi connectivity index (χ0v) is 14.1. The van der Waals surface area contributed by atoms with Crippen LogP contribution in [-0.4, -0.2) is 12.5 Å². The maximum atomic E-state index is 11.9. The number of carbonyl (C=O) groups is 1. The Balaban J connectivity index is 1.50. The number of hydrogen-bond acceptors (Lipinski definition) is 2. The molecule has 1 aromatic heterocycles. The van der Waals surface area contributed by atoms with Crippen LogP contribution in [0.2, 0.25) is 0 Å². The molecule has 0 aliphatic carbocycles. The highest BCUT2D eigenvalue weighted by Gasteiger charge is 2.01. The Labute approximate surface area is 146 Å². The van der Waals surface area contributed by atoms with Crippen LogP contribution in [0.1, 0.15) is 10.4 Å². The summed E-state index contributed by atoms with van der Waals surface area (Å²) in [5, 5.41) is 2.92. The average molecular weight is 333 g/mol. The summed E-state index contributed by atoms with van der Waals surface area (Å²) in [7, 11) is 0. The van der Waals surface area contributed by atoms with Gasteiger partial charge >= 0.3 is 0 Å². The topological polar surface area (TPSA) is 29.1 Å². The van der Waals surface area contributed by atoms with Crippen molar-refractivity contribution < 1.29 is 4.79 Å².